The second kappa shape index (κ2) is 5.13. The maximum Gasteiger partial charge on any atom is 0.308 e. The Morgan fingerprint density at radius 1 is 0.833 bits per heavy atom. The van der Waals surface area contributed by atoms with Gasteiger partial charge in [0, 0.05) is 29.0 Å². The van der Waals surface area contributed by atoms with Crippen LogP contribution in [0.15, 0.2) is 54.6 Å². The summed E-state index contributed by atoms with van der Waals surface area (Å²) < 4.78 is 5.35. The molecule has 0 atom stereocenters. The van der Waals surface area contributed by atoms with E-state index in [0.717, 1.165) is 5.39 Å². The first-order valence-electron chi connectivity index (χ1n) is 7.50. The number of rotatable bonds is 1. The van der Waals surface area contributed by atoms with Gasteiger partial charge < -0.3 is 4.74 Å². The van der Waals surface area contributed by atoms with E-state index in [9.17, 15) is 14.4 Å². The van der Waals surface area contributed by atoms with Crippen molar-refractivity contribution in [3.05, 3.63) is 76.9 Å². The summed E-state index contributed by atoms with van der Waals surface area (Å²) in [4.78, 5) is 37.4. The molecule has 3 aromatic carbocycles. The van der Waals surface area contributed by atoms with Gasteiger partial charge in [0.1, 0.15) is 0 Å². The Labute approximate surface area is 137 Å². The molecular weight excluding hydrogens is 304 g/mol. The average molecular weight is 316 g/mol. The van der Waals surface area contributed by atoms with Gasteiger partial charge in [-0.1, -0.05) is 48.5 Å². The third kappa shape index (κ3) is 1.97. The number of carbonyl (C=O) groups is 3. The lowest BCUT2D eigenvalue weighted by atomic mass is 9.82. The number of hydrogen-bond donors (Lipinski definition) is 0. The van der Waals surface area contributed by atoms with Crippen molar-refractivity contribution in [2.75, 3.05) is 0 Å². The van der Waals surface area contributed by atoms with Gasteiger partial charge in [-0.3, -0.25) is 14.4 Å². The van der Waals surface area contributed by atoms with Gasteiger partial charge in [-0.2, -0.15) is 0 Å². The van der Waals surface area contributed by atoms with Crippen molar-refractivity contribution in [2.45, 2.75) is 6.92 Å². The van der Waals surface area contributed by atoms with Gasteiger partial charge in [-0.05, 0) is 11.5 Å². The van der Waals surface area contributed by atoms with E-state index in [-0.39, 0.29) is 28.4 Å². The second-order valence-electron chi connectivity index (χ2n) is 5.65. The van der Waals surface area contributed by atoms with E-state index in [0.29, 0.717) is 16.5 Å². The zero-order chi connectivity index (χ0) is 16.8. The molecule has 116 valence electrons. The van der Waals surface area contributed by atoms with Crippen LogP contribution in [0.3, 0.4) is 0 Å². The van der Waals surface area contributed by atoms with Crippen LogP contribution in [-0.2, 0) is 4.79 Å². The van der Waals surface area contributed by atoms with Gasteiger partial charge in [-0.15, -0.1) is 0 Å². The minimum absolute atomic E-state index is 0.156. The van der Waals surface area contributed by atoms with Gasteiger partial charge in [0.15, 0.2) is 17.3 Å². The van der Waals surface area contributed by atoms with E-state index < -0.39 is 5.97 Å². The van der Waals surface area contributed by atoms with Gasteiger partial charge >= 0.3 is 5.97 Å². The van der Waals surface area contributed by atoms with Crippen LogP contribution in [0.1, 0.15) is 38.8 Å². The quantitative estimate of drug-likeness (QED) is 0.398. The highest BCUT2D eigenvalue weighted by molar-refractivity contribution is 6.31. The Morgan fingerprint density at radius 2 is 1.46 bits per heavy atom. The highest BCUT2D eigenvalue weighted by Crippen LogP contribution is 2.38. The number of ether oxygens (including phenoxy) is 1. The summed E-state index contributed by atoms with van der Waals surface area (Å²) in [6.07, 6.45) is 0. The van der Waals surface area contributed by atoms with E-state index in [1.165, 1.54) is 6.92 Å². The molecule has 0 unspecified atom stereocenters. The average Bonchev–Trinajstić information content (AvgIpc) is 2.59. The van der Waals surface area contributed by atoms with Gasteiger partial charge in [0.2, 0.25) is 0 Å². The largest absolute Gasteiger partial charge is 0.425 e. The molecule has 0 N–H and O–H groups in total. The van der Waals surface area contributed by atoms with E-state index >= 15 is 0 Å². The van der Waals surface area contributed by atoms with Crippen LogP contribution in [0.4, 0.5) is 0 Å². The highest BCUT2D eigenvalue weighted by atomic mass is 16.5. The SMILES string of the molecule is CC(=O)Oc1c2c(cc3ccccc13)C(=O)c1ccccc1C2=O. The molecule has 4 rings (SSSR count). The number of benzene rings is 3. The van der Waals surface area contributed by atoms with Crippen molar-refractivity contribution < 1.29 is 19.1 Å². The van der Waals surface area contributed by atoms with E-state index in [2.05, 4.69) is 0 Å². The Hall–Kier alpha value is -3.27. The number of fused-ring (bicyclic) bond motifs is 3. The molecule has 0 heterocycles. The Balaban J connectivity index is 2.12. The van der Waals surface area contributed by atoms with Crippen LogP contribution in [-0.4, -0.2) is 17.5 Å². The van der Waals surface area contributed by atoms with Crippen molar-refractivity contribution in [1.29, 1.82) is 0 Å². The predicted octanol–water partition coefficient (Wildman–Crippen LogP) is 3.54. The van der Waals surface area contributed by atoms with Crippen molar-refractivity contribution in [3.63, 3.8) is 0 Å². The Kier molecular flexibility index (Phi) is 3.06. The van der Waals surface area contributed by atoms with Crippen LogP contribution in [0, 0.1) is 0 Å². The van der Waals surface area contributed by atoms with Crippen LogP contribution in [0.2, 0.25) is 0 Å². The standard InChI is InChI=1S/C20H12O4/c1-11(21)24-20-13-7-3-2-6-12(13)10-16-17(20)19(23)15-9-5-4-8-14(15)18(16)22/h2-10H,1H3. The van der Waals surface area contributed by atoms with Gasteiger partial charge in [0.25, 0.3) is 0 Å². The molecule has 1 aliphatic carbocycles. The molecule has 0 saturated carbocycles. The lowest BCUT2D eigenvalue weighted by Gasteiger charge is -2.21. The molecule has 4 nitrogen and oxygen atoms in total. The molecule has 0 bridgehead atoms. The maximum absolute atomic E-state index is 13.0. The number of hydrogen-bond acceptors (Lipinski definition) is 4. The second-order valence-corrected chi connectivity index (χ2v) is 5.65. The fourth-order valence-electron chi connectivity index (χ4n) is 3.13. The molecular formula is C20H12O4. The first-order chi connectivity index (χ1) is 11.6. The van der Waals surface area contributed by atoms with E-state index in [4.69, 9.17) is 4.74 Å². The molecule has 0 amide bonds. The van der Waals surface area contributed by atoms with Crippen LogP contribution in [0.5, 0.6) is 5.75 Å². The molecule has 0 radical (unpaired) electrons. The molecule has 0 aliphatic heterocycles. The van der Waals surface area contributed by atoms with Crippen LogP contribution >= 0.6 is 0 Å². The van der Waals surface area contributed by atoms with E-state index in [1.807, 2.05) is 12.1 Å². The first-order valence-corrected chi connectivity index (χ1v) is 7.50. The van der Waals surface area contributed by atoms with Gasteiger partial charge in [-0.25, -0.2) is 0 Å². The third-order valence-electron chi connectivity index (χ3n) is 4.14. The number of carbonyl (C=O) groups excluding carboxylic acids is 3. The normalized spacial score (nSPS) is 12.7. The fourth-order valence-corrected chi connectivity index (χ4v) is 3.13. The van der Waals surface area contributed by atoms with E-state index in [1.54, 1.807) is 42.5 Å². The Bertz CT molecular complexity index is 1050. The summed E-state index contributed by atoms with van der Waals surface area (Å²) in [5, 5.41) is 1.38. The third-order valence-corrected chi connectivity index (χ3v) is 4.14. The van der Waals surface area contributed by atoms with Crippen molar-refractivity contribution in [2.24, 2.45) is 0 Å². The first kappa shape index (κ1) is 14.3. The summed E-state index contributed by atoms with van der Waals surface area (Å²) in [6, 6.07) is 15.6. The fraction of sp³-hybridized carbons (Fsp3) is 0.0500. The zero-order valence-electron chi connectivity index (χ0n) is 12.8. The molecule has 0 fully saturated rings. The topological polar surface area (TPSA) is 60.4 Å². The molecule has 0 saturated heterocycles. The summed E-state index contributed by atoms with van der Waals surface area (Å²) >= 11 is 0. The molecule has 24 heavy (non-hydrogen) atoms. The minimum Gasteiger partial charge on any atom is -0.425 e. The lowest BCUT2D eigenvalue weighted by molar-refractivity contribution is -0.131. The zero-order valence-corrected chi connectivity index (χ0v) is 12.8. The highest BCUT2D eigenvalue weighted by Gasteiger charge is 2.33. The smallest absolute Gasteiger partial charge is 0.308 e. The monoisotopic (exact) mass is 316 g/mol. The summed E-state index contributed by atoms with van der Waals surface area (Å²) in [7, 11) is 0. The van der Waals surface area contributed by atoms with Crippen molar-refractivity contribution in [1.82, 2.24) is 0 Å². The van der Waals surface area contributed by atoms with Crippen molar-refractivity contribution >= 4 is 28.3 Å². The minimum atomic E-state index is -0.535. The lowest BCUT2D eigenvalue weighted by Crippen LogP contribution is -2.22. The molecule has 4 heteroatoms. The molecule has 3 aromatic rings. The molecule has 0 spiro atoms. The summed E-state index contributed by atoms with van der Waals surface area (Å²) in [5.74, 6) is -0.919. The summed E-state index contributed by atoms with van der Waals surface area (Å²) in [5.41, 5.74) is 1.14. The summed E-state index contributed by atoms with van der Waals surface area (Å²) in [6.45, 7) is 1.28. The van der Waals surface area contributed by atoms with Crippen LogP contribution in [0.25, 0.3) is 10.8 Å². The van der Waals surface area contributed by atoms with Crippen LogP contribution < -0.4 is 4.74 Å². The molecule has 1 aliphatic rings. The number of esters is 1. The predicted molar refractivity (Wildman–Crippen MR) is 88.6 cm³/mol. The number of ketones is 2. The molecule has 0 aromatic heterocycles. The maximum atomic E-state index is 13.0. The van der Waals surface area contributed by atoms with Crippen molar-refractivity contribution in [3.8, 4) is 5.75 Å². The van der Waals surface area contributed by atoms with Gasteiger partial charge in [0.05, 0.1) is 5.56 Å². The Morgan fingerprint density at radius 3 is 2.17 bits per heavy atom.